The van der Waals surface area contributed by atoms with Gasteiger partial charge in [0.15, 0.2) is 0 Å². The third-order valence-electron chi connectivity index (χ3n) is 9.60. The van der Waals surface area contributed by atoms with Crippen LogP contribution in [0.5, 0.6) is 0 Å². The van der Waals surface area contributed by atoms with Crippen molar-refractivity contribution in [2.75, 3.05) is 0 Å². The highest BCUT2D eigenvalue weighted by Crippen LogP contribution is 2.42. The molecule has 3 atom stereocenters. The van der Waals surface area contributed by atoms with Crippen molar-refractivity contribution in [1.82, 2.24) is 0 Å². The van der Waals surface area contributed by atoms with Crippen molar-refractivity contribution in [3.05, 3.63) is 70.2 Å². The smallest absolute Gasteiger partial charge is 0.107 e. The van der Waals surface area contributed by atoms with Crippen LogP contribution in [-0.4, -0.2) is 6.17 Å². The van der Waals surface area contributed by atoms with Gasteiger partial charge in [-0.15, -0.1) is 0 Å². The Morgan fingerprint density at radius 1 is 0.703 bits per heavy atom. The Balaban J connectivity index is 1.18. The van der Waals surface area contributed by atoms with Gasteiger partial charge in [-0.2, -0.15) is 0 Å². The molecule has 0 N–H and O–H groups in total. The van der Waals surface area contributed by atoms with Crippen molar-refractivity contribution < 1.29 is 4.39 Å². The molecule has 0 amide bonds. The minimum absolute atomic E-state index is 0.0745. The molecule has 2 fully saturated rings. The lowest BCUT2D eigenvalue weighted by atomic mass is 9.72. The summed E-state index contributed by atoms with van der Waals surface area (Å²) >= 11 is 6.04. The van der Waals surface area contributed by atoms with Gasteiger partial charge in [0.2, 0.25) is 0 Å². The third kappa shape index (κ3) is 9.12. The maximum absolute atomic E-state index is 15.6. The minimum atomic E-state index is -0.695. The number of aryl methyl sites for hydroxylation is 2. The molecule has 2 aromatic carbocycles. The van der Waals surface area contributed by atoms with E-state index in [-0.39, 0.29) is 5.92 Å². The summed E-state index contributed by atoms with van der Waals surface area (Å²) in [6.07, 6.45) is 21.1. The predicted molar refractivity (Wildman–Crippen MR) is 158 cm³/mol. The Morgan fingerprint density at radius 2 is 1.35 bits per heavy atom. The van der Waals surface area contributed by atoms with Gasteiger partial charge in [-0.05, 0) is 78.7 Å². The van der Waals surface area contributed by atoms with Gasteiger partial charge in [0.05, 0.1) is 0 Å². The van der Waals surface area contributed by atoms with Crippen molar-refractivity contribution in [2.24, 2.45) is 17.8 Å². The number of halogens is 2. The van der Waals surface area contributed by atoms with Gasteiger partial charge < -0.3 is 0 Å². The summed E-state index contributed by atoms with van der Waals surface area (Å²) < 4.78 is 15.6. The van der Waals surface area contributed by atoms with Gasteiger partial charge in [0.1, 0.15) is 6.17 Å². The number of hydrogen-bond acceptors (Lipinski definition) is 0. The first-order valence-electron chi connectivity index (χ1n) is 15.6. The fraction of sp³-hybridized carbons (Fsp3) is 0.657. The van der Waals surface area contributed by atoms with Crippen LogP contribution in [0.3, 0.4) is 0 Å². The van der Waals surface area contributed by atoms with Gasteiger partial charge in [-0.1, -0.05) is 132 Å². The zero-order valence-corrected chi connectivity index (χ0v) is 24.0. The van der Waals surface area contributed by atoms with Crippen LogP contribution in [0, 0.1) is 17.8 Å². The van der Waals surface area contributed by atoms with Crippen molar-refractivity contribution >= 4 is 11.6 Å². The lowest BCUT2D eigenvalue weighted by Crippen LogP contribution is -2.26. The summed E-state index contributed by atoms with van der Waals surface area (Å²) in [5, 5.41) is 0.780. The average Bonchev–Trinajstić information content (AvgIpc) is 2.92. The van der Waals surface area contributed by atoms with E-state index in [1.807, 2.05) is 12.1 Å². The van der Waals surface area contributed by atoms with E-state index in [2.05, 4.69) is 43.3 Å². The average molecular weight is 525 g/mol. The van der Waals surface area contributed by atoms with Crippen molar-refractivity contribution in [1.29, 1.82) is 0 Å². The van der Waals surface area contributed by atoms with Crippen LogP contribution in [-0.2, 0) is 12.8 Å². The second-order valence-electron chi connectivity index (χ2n) is 12.3. The zero-order chi connectivity index (χ0) is 25.9. The molecule has 2 saturated carbocycles. The molecule has 0 heterocycles. The third-order valence-corrected chi connectivity index (χ3v) is 9.85. The standard InChI is InChI=1S/C35H50ClF/c1-2-3-4-5-6-9-27-12-14-28(15-13-27)16-17-30-21-25-34(35(37)26-30)33-11-8-7-10-31(33)22-18-29-19-23-32(36)24-20-29/h7-8,10-11,19-20,23-24,27-28,30,34-35H,2-6,9,12-18,21-22,25-26H2,1H3. The highest BCUT2D eigenvalue weighted by atomic mass is 35.5. The molecule has 2 heteroatoms. The van der Waals surface area contributed by atoms with Gasteiger partial charge in [0.25, 0.3) is 0 Å². The van der Waals surface area contributed by atoms with E-state index >= 15 is 4.39 Å². The molecular weight excluding hydrogens is 475 g/mol. The second kappa shape index (κ2) is 15.3. The first-order chi connectivity index (χ1) is 18.1. The maximum atomic E-state index is 15.6. The molecule has 0 saturated heterocycles. The molecule has 37 heavy (non-hydrogen) atoms. The minimum Gasteiger partial charge on any atom is -0.247 e. The molecular formula is C35H50ClF. The molecule has 3 unspecified atom stereocenters. The number of rotatable bonds is 13. The Kier molecular flexibility index (Phi) is 11.9. The Morgan fingerprint density at radius 3 is 2.08 bits per heavy atom. The number of benzene rings is 2. The molecule has 0 spiro atoms. The summed E-state index contributed by atoms with van der Waals surface area (Å²) in [4.78, 5) is 0. The van der Waals surface area contributed by atoms with Crippen LogP contribution in [0.1, 0.15) is 126 Å². The lowest BCUT2D eigenvalue weighted by molar-refractivity contribution is 0.152. The molecule has 0 bridgehead atoms. The molecule has 0 nitrogen and oxygen atoms in total. The zero-order valence-electron chi connectivity index (χ0n) is 23.3. The van der Waals surface area contributed by atoms with Crippen LogP contribution in [0.15, 0.2) is 48.5 Å². The van der Waals surface area contributed by atoms with Gasteiger partial charge in [-0.3, -0.25) is 0 Å². The Bertz CT molecular complexity index is 898. The molecule has 0 radical (unpaired) electrons. The topological polar surface area (TPSA) is 0 Å². The van der Waals surface area contributed by atoms with Crippen LogP contribution in [0.4, 0.5) is 4.39 Å². The second-order valence-corrected chi connectivity index (χ2v) is 12.7. The lowest BCUT2D eigenvalue weighted by Gasteiger charge is -2.34. The first-order valence-corrected chi connectivity index (χ1v) is 16.0. The molecule has 4 rings (SSSR count). The summed E-state index contributed by atoms with van der Waals surface area (Å²) in [7, 11) is 0. The van der Waals surface area contributed by atoms with E-state index < -0.39 is 6.17 Å². The molecule has 0 aliphatic heterocycles. The van der Waals surface area contributed by atoms with E-state index in [1.165, 1.54) is 100 Å². The van der Waals surface area contributed by atoms with E-state index in [1.54, 1.807) is 0 Å². The number of unbranched alkanes of at least 4 members (excludes halogenated alkanes) is 4. The Labute approximate surface area is 231 Å². The highest BCUT2D eigenvalue weighted by molar-refractivity contribution is 6.30. The quantitative estimate of drug-likeness (QED) is 0.228. The highest BCUT2D eigenvalue weighted by Gasteiger charge is 2.33. The van der Waals surface area contributed by atoms with E-state index in [0.29, 0.717) is 5.92 Å². The van der Waals surface area contributed by atoms with Crippen LogP contribution in [0.25, 0.3) is 0 Å². The fourth-order valence-corrected chi connectivity index (χ4v) is 7.31. The van der Waals surface area contributed by atoms with Gasteiger partial charge in [0, 0.05) is 10.9 Å². The summed E-state index contributed by atoms with van der Waals surface area (Å²) in [5.41, 5.74) is 3.88. The summed E-state index contributed by atoms with van der Waals surface area (Å²) in [6.45, 7) is 2.30. The van der Waals surface area contributed by atoms with E-state index in [0.717, 1.165) is 42.5 Å². The molecule has 2 aromatic rings. The van der Waals surface area contributed by atoms with Gasteiger partial charge in [-0.25, -0.2) is 4.39 Å². The van der Waals surface area contributed by atoms with Crippen LogP contribution < -0.4 is 0 Å². The van der Waals surface area contributed by atoms with Crippen molar-refractivity contribution in [3.63, 3.8) is 0 Å². The summed E-state index contributed by atoms with van der Waals surface area (Å²) in [6, 6.07) is 16.8. The van der Waals surface area contributed by atoms with E-state index in [9.17, 15) is 0 Å². The number of alkyl halides is 1. The fourth-order valence-electron chi connectivity index (χ4n) is 7.18. The first kappa shape index (κ1) is 28.7. The molecule has 0 aromatic heterocycles. The molecule has 2 aliphatic rings. The molecule has 2 aliphatic carbocycles. The monoisotopic (exact) mass is 524 g/mol. The number of hydrogen-bond donors (Lipinski definition) is 0. The largest absolute Gasteiger partial charge is 0.247 e. The van der Waals surface area contributed by atoms with Gasteiger partial charge >= 0.3 is 0 Å². The summed E-state index contributed by atoms with van der Waals surface area (Å²) in [5.74, 6) is 2.55. The van der Waals surface area contributed by atoms with Crippen molar-refractivity contribution in [3.8, 4) is 0 Å². The SMILES string of the molecule is CCCCCCCC1CCC(CCC2CCC(c3ccccc3CCc3ccc(Cl)cc3)C(F)C2)CC1. The van der Waals surface area contributed by atoms with E-state index in [4.69, 9.17) is 11.6 Å². The predicted octanol–water partition coefficient (Wildman–Crippen LogP) is 11.3. The maximum Gasteiger partial charge on any atom is 0.107 e. The Hall–Kier alpha value is -1.34. The van der Waals surface area contributed by atoms with Crippen molar-refractivity contribution in [2.45, 2.75) is 128 Å². The van der Waals surface area contributed by atoms with Crippen LogP contribution in [0.2, 0.25) is 5.02 Å². The van der Waals surface area contributed by atoms with Crippen LogP contribution >= 0.6 is 11.6 Å². The molecule has 204 valence electrons. The normalized spacial score (nSPS) is 26.3.